The molecular formula is C11H14N2O. The van der Waals surface area contributed by atoms with Crippen LogP contribution in [0.4, 0.5) is 5.69 Å². The first kappa shape index (κ1) is 9.21. The number of ketones is 1. The predicted octanol–water partition coefficient (Wildman–Crippen LogP) is 1.26. The number of piperidine rings is 1. The zero-order valence-electron chi connectivity index (χ0n) is 7.99. The van der Waals surface area contributed by atoms with Crippen molar-refractivity contribution in [3.63, 3.8) is 0 Å². The minimum absolute atomic E-state index is 0.190. The lowest BCUT2D eigenvalue weighted by molar-refractivity contribution is -0.122. The van der Waals surface area contributed by atoms with Crippen molar-refractivity contribution in [1.29, 1.82) is 0 Å². The van der Waals surface area contributed by atoms with Gasteiger partial charge in [0.25, 0.3) is 0 Å². The Hall–Kier alpha value is -1.35. The Morgan fingerprint density at radius 3 is 2.86 bits per heavy atom. The molecule has 0 amide bonds. The van der Waals surface area contributed by atoms with Gasteiger partial charge in [-0.1, -0.05) is 18.2 Å². The average molecular weight is 190 g/mol. The molecule has 3 N–H and O–H groups in total. The third-order valence-electron chi connectivity index (χ3n) is 2.58. The van der Waals surface area contributed by atoms with E-state index in [9.17, 15) is 4.79 Å². The fourth-order valence-corrected chi connectivity index (χ4v) is 1.82. The number of para-hydroxylation sites is 1. The maximum atomic E-state index is 11.6. The van der Waals surface area contributed by atoms with Crippen LogP contribution in [0.3, 0.4) is 0 Å². The molecular weight excluding hydrogens is 176 g/mol. The molecule has 1 aromatic carbocycles. The van der Waals surface area contributed by atoms with E-state index in [4.69, 9.17) is 5.73 Å². The monoisotopic (exact) mass is 190 g/mol. The number of nitrogens with one attached hydrogen (secondary N) is 1. The molecule has 1 aromatic rings. The summed E-state index contributed by atoms with van der Waals surface area (Å²) in [7, 11) is 0. The second-order valence-corrected chi connectivity index (χ2v) is 3.59. The molecule has 1 unspecified atom stereocenters. The van der Waals surface area contributed by atoms with Crippen LogP contribution in [0.15, 0.2) is 24.3 Å². The number of carbonyl (C=O) groups is 1. The Kier molecular flexibility index (Phi) is 2.50. The molecule has 0 aliphatic carbocycles. The maximum Gasteiger partial charge on any atom is 0.154 e. The van der Waals surface area contributed by atoms with Gasteiger partial charge in [0.15, 0.2) is 5.78 Å². The van der Waals surface area contributed by atoms with Crippen LogP contribution in [0.5, 0.6) is 0 Å². The molecule has 1 aliphatic heterocycles. The normalized spacial score (nSPS) is 22.3. The molecule has 1 fully saturated rings. The van der Waals surface area contributed by atoms with Crippen molar-refractivity contribution in [1.82, 2.24) is 5.32 Å². The van der Waals surface area contributed by atoms with Crippen LogP contribution in [0, 0.1) is 0 Å². The van der Waals surface area contributed by atoms with E-state index < -0.39 is 0 Å². The molecule has 74 valence electrons. The van der Waals surface area contributed by atoms with Crippen LogP contribution in [0.2, 0.25) is 0 Å². The molecule has 3 heteroatoms. The Labute approximate surface area is 83.3 Å². The highest BCUT2D eigenvalue weighted by Gasteiger charge is 2.24. The molecule has 0 saturated carbocycles. The molecule has 14 heavy (non-hydrogen) atoms. The van der Waals surface area contributed by atoms with Crippen molar-refractivity contribution in [3.05, 3.63) is 29.8 Å². The van der Waals surface area contributed by atoms with E-state index in [-0.39, 0.29) is 11.8 Å². The molecule has 0 aromatic heterocycles. The largest absolute Gasteiger partial charge is 0.398 e. The first-order valence-corrected chi connectivity index (χ1v) is 4.89. The number of carbonyl (C=O) groups excluding carboxylic acids is 1. The maximum absolute atomic E-state index is 11.6. The molecule has 0 spiro atoms. The number of nitrogen functional groups attached to an aromatic ring is 1. The second kappa shape index (κ2) is 3.80. The molecule has 1 saturated heterocycles. The number of nitrogens with two attached hydrogens (primary N) is 1. The highest BCUT2D eigenvalue weighted by Crippen LogP contribution is 2.24. The molecule has 1 aliphatic rings. The molecule has 3 nitrogen and oxygen atoms in total. The lowest BCUT2D eigenvalue weighted by Crippen LogP contribution is -2.34. The average Bonchev–Trinajstić information content (AvgIpc) is 2.20. The highest BCUT2D eigenvalue weighted by molar-refractivity contribution is 5.87. The van der Waals surface area contributed by atoms with Crippen molar-refractivity contribution in [2.24, 2.45) is 0 Å². The summed E-state index contributed by atoms with van der Waals surface area (Å²) in [5.74, 6) is 0.245. The third-order valence-corrected chi connectivity index (χ3v) is 2.58. The minimum Gasteiger partial charge on any atom is -0.398 e. The summed E-state index contributed by atoms with van der Waals surface area (Å²) in [5, 5.41) is 3.20. The van der Waals surface area contributed by atoms with Gasteiger partial charge in [0.1, 0.15) is 0 Å². The lowest BCUT2D eigenvalue weighted by atomic mass is 9.95. The molecule has 1 atom stereocenters. The topological polar surface area (TPSA) is 55.1 Å². The van der Waals surface area contributed by atoms with Crippen LogP contribution < -0.4 is 11.1 Å². The Morgan fingerprint density at radius 1 is 1.36 bits per heavy atom. The van der Waals surface area contributed by atoms with Gasteiger partial charge in [-0.05, 0) is 24.6 Å². The summed E-state index contributed by atoms with van der Waals surface area (Å²) in [6.45, 7) is 0.894. The summed E-state index contributed by atoms with van der Waals surface area (Å²) in [4.78, 5) is 11.6. The number of hydrogen-bond donors (Lipinski definition) is 2. The number of hydrogen-bond acceptors (Lipinski definition) is 3. The number of benzene rings is 1. The SMILES string of the molecule is Nc1ccccc1C1NCCCC1=O. The summed E-state index contributed by atoms with van der Waals surface area (Å²) in [6.07, 6.45) is 1.59. The van der Waals surface area contributed by atoms with E-state index in [2.05, 4.69) is 5.32 Å². The smallest absolute Gasteiger partial charge is 0.154 e. The van der Waals surface area contributed by atoms with Gasteiger partial charge in [0.2, 0.25) is 0 Å². The van der Waals surface area contributed by atoms with Gasteiger partial charge in [0.05, 0.1) is 6.04 Å². The van der Waals surface area contributed by atoms with Gasteiger partial charge in [-0.15, -0.1) is 0 Å². The second-order valence-electron chi connectivity index (χ2n) is 3.59. The van der Waals surface area contributed by atoms with Gasteiger partial charge < -0.3 is 11.1 Å². The van der Waals surface area contributed by atoms with E-state index in [1.807, 2.05) is 24.3 Å². The van der Waals surface area contributed by atoms with Crippen LogP contribution in [0.1, 0.15) is 24.4 Å². The highest BCUT2D eigenvalue weighted by atomic mass is 16.1. The predicted molar refractivity (Wildman–Crippen MR) is 55.8 cm³/mol. The standard InChI is InChI=1S/C11H14N2O/c12-9-5-2-1-4-8(9)11-10(14)6-3-7-13-11/h1-2,4-5,11,13H,3,6-7,12H2. The van der Waals surface area contributed by atoms with E-state index in [1.54, 1.807) is 0 Å². The Morgan fingerprint density at radius 2 is 2.14 bits per heavy atom. The van der Waals surface area contributed by atoms with E-state index in [0.29, 0.717) is 12.1 Å². The summed E-state index contributed by atoms with van der Waals surface area (Å²) < 4.78 is 0. The quantitative estimate of drug-likeness (QED) is 0.655. The van der Waals surface area contributed by atoms with Crippen molar-refractivity contribution in [2.75, 3.05) is 12.3 Å². The van der Waals surface area contributed by atoms with Crippen LogP contribution in [-0.2, 0) is 4.79 Å². The number of Topliss-reactive ketones (excluding diaryl/α,β-unsaturated/α-hetero) is 1. The minimum atomic E-state index is -0.190. The molecule has 0 radical (unpaired) electrons. The van der Waals surface area contributed by atoms with Crippen molar-refractivity contribution in [3.8, 4) is 0 Å². The summed E-state index contributed by atoms with van der Waals surface area (Å²) in [5.41, 5.74) is 7.43. The number of rotatable bonds is 1. The zero-order valence-corrected chi connectivity index (χ0v) is 7.99. The zero-order chi connectivity index (χ0) is 9.97. The van der Waals surface area contributed by atoms with E-state index in [1.165, 1.54) is 0 Å². The van der Waals surface area contributed by atoms with Gasteiger partial charge in [-0.25, -0.2) is 0 Å². The van der Waals surface area contributed by atoms with Crippen molar-refractivity contribution >= 4 is 11.5 Å². The van der Waals surface area contributed by atoms with Gasteiger partial charge in [-0.3, -0.25) is 4.79 Å². The first-order valence-electron chi connectivity index (χ1n) is 4.89. The van der Waals surface area contributed by atoms with Crippen molar-refractivity contribution in [2.45, 2.75) is 18.9 Å². The van der Waals surface area contributed by atoms with Crippen LogP contribution in [-0.4, -0.2) is 12.3 Å². The molecule has 2 rings (SSSR count). The van der Waals surface area contributed by atoms with Crippen LogP contribution in [0.25, 0.3) is 0 Å². The fourth-order valence-electron chi connectivity index (χ4n) is 1.82. The first-order chi connectivity index (χ1) is 6.79. The summed E-state index contributed by atoms with van der Waals surface area (Å²) in [6, 6.07) is 7.35. The number of anilines is 1. The van der Waals surface area contributed by atoms with Gasteiger partial charge in [-0.2, -0.15) is 0 Å². The lowest BCUT2D eigenvalue weighted by Gasteiger charge is -2.23. The molecule has 1 heterocycles. The Balaban J connectivity index is 2.29. The third kappa shape index (κ3) is 1.63. The Bertz CT molecular complexity index is 349. The van der Waals surface area contributed by atoms with Gasteiger partial charge >= 0.3 is 0 Å². The van der Waals surface area contributed by atoms with Crippen molar-refractivity contribution < 1.29 is 4.79 Å². The van der Waals surface area contributed by atoms with Crippen LogP contribution >= 0.6 is 0 Å². The van der Waals surface area contributed by atoms with Gasteiger partial charge in [0, 0.05) is 12.1 Å². The fraction of sp³-hybridized carbons (Fsp3) is 0.364. The van der Waals surface area contributed by atoms with E-state index >= 15 is 0 Å². The molecule has 0 bridgehead atoms. The summed E-state index contributed by atoms with van der Waals surface area (Å²) >= 11 is 0. The van der Waals surface area contributed by atoms with E-state index in [0.717, 1.165) is 18.5 Å².